The molecule has 11 rings (SSSR count). The van der Waals surface area contributed by atoms with Crippen LogP contribution in [0.15, 0.2) is 146 Å². The first-order chi connectivity index (χ1) is 34.8. The van der Waals surface area contributed by atoms with E-state index in [1.54, 1.807) is 0 Å². The van der Waals surface area contributed by atoms with Gasteiger partial charge >= 0.3 is 5.85 Å². The van der Waals surface area contributed by atoms with E-state index >= 15 is 0 Å². The van der Waals surface area contributed by atoms with Crippen LogP contribution in [0.25, 0.3) is 44.6 Å². The maximum Gasteiger partial charge on any atom is 0.432 e. The molecule has 1 spiro atoms. The van der Waals surface area contributed by atoms with Crippen LogP contribution in [0.2, 0.25) is 0 Å². The second-order valence-electron chi connectivity index (χ2n) is 18.0. The molecule has 59 heavy (non-hydrogen) atoms. The van der Waals surface area contributed by atoms with Crippen LogP contribution >= 0.6 is 0 Å². The lowest BCUT2D eigenvalue weighted by Gasteiger charge is -2.47. The lowest BCUT2D eigenvalue weighted by molar-refractivity contribution is -0.774. The van der Waals surface area contributed by atoms with Crippen LogP contribution in [0, 0.1) is 0 Å². The molecule has 5 heterocycles. The highest BCUT2D eigenvalue weighted by Gasteiger charge is 2.70. The van der Waals surface area contributed by atoms with Gasteiger partial charge in [-0.05, 0) is 86.0 Å². The number of pyridine rings is 1. The Kier molecular flexibility index (Phi) is 4.64. The number of hydrogen-bond donors (Lipinski definition) is 0. The number of anilines is 3. The number of fused-ring (bicyclic) bond motifs is 5. The van der Waals surface area contributed by atoms with Gasteiger partial charge in [0.15, 0.2) is 6.17 Å². The largest absolute Gasteiger partial charge is 0.432 e. The van der Waals surface area contributed by atoms with Crippen LogP contribution in [0.3, 0.4) is 0 Å². The summed E-state index contributed by atoms with van der Waals surface area (Å²) < 4.78 is 152. The Bertz CT molecular complexity index is 3560. The van der Waals surface area contributed by atoms with E-state index in [0.29, 0.717) is 16.9 Å². The molecule has 4 aliphatic heterocycles. The molecule has 0 amide bonds. The van der Waals surface area contributed by atoms with Gasteiger partial charge in [0.25, 0.3) is 0 Å². The van der Waals surface area contributed by atoms with Crippen LogP contribution in [-0.4, -0.2) is 0 Å². The van der Waals surface area contributed by atoms with Gasteiger partial charge in [-0.2, -0.15) is 0 Å². The number of benzene rings is 6. The Morgan fingerprint density at radius 2 is 1.32 bits per heavy atom. The number of ether oxygens (including phenoxy) is 1. The highest BCUT2D eigenvalue weighted by atomic mass is 16.5. The molecule has 0 N–H and O–H groups in total. The molecule has 6 aromatic carbocycles. The van der Waals surface area contributed by atoms with Crippen molar-refractivity contribution in [3.8, 4) is 50.4 Å². The standard InChI is InChI=1S/C55H52N3O/c1-52(2,3)37-24-22-34(23-25-37)36-28-29-56-47(30-36)44-33-39(54(7,8)9)32-43-40-19-15-20-46-50(40)58-51(41-18-13-14-21-48(41)59-55(56,58)49(43)44)57(46)45-27-26-38(53(4,5)6)31-42(45)35-16-11-10-12-17-35/h10-33,51H,1-9H3/q+1/i1D3,2D3,3D3,22D,23D,24D,25D,28D,29D,30D. The van der Waals surface area contributed by atoms with Crippen molar-refractivity contribution in [3.63, 3.8) is 0 Å². The summed E-state index contributed by atoms with van der Waals surface area (Å²) in [6, 6.07) is 28.5. The molecule has 7 aromatic rings. The van der Waals surface area contributed by atoms with Gasteiger partial charge in [-0.15, -0.1) is 4.57 Å². The van der Waals surface area contributed by atoms with Gasteiger partial charge in [0.1, 0.15) is 18.8 Å². The Hall–Kier alpha value is -6.13. The molecule has 2 atom stereocenters. The molecule has 0 bridgehead atoms. The van der Waals surface area contributed by atoms with Gasteiger partial charge in [-0.1, -0.05) is 153 Å². The van der Waals surface area contributed by atoms with E-state index in [4.69, 9.17) is 17.1 Å². The van der Waals surface area contributed by atoms with Crippen molar-refractivity contribution in [1.82, 2.24) is 0 Å². The lowest BCUT2D eigenvalue weighted by atomic mass is 9.79. The van der Waals surface area contributed by atoms with Crippen LogP contribution < -0.4 is 19.1 Å². The Labute approximate surface area is 371 Å². The quantitative estimate of drug-likeness (QED) is 0.166. The van der Waals surface area contributed by atoms with Gasteiger partial charge < -0.3 is 9.64 Å². The van der Waals surface area contributed by atoms with Gasteiger partial charge in [-0.3, -0.25) is 0 Å². The van der Waals surface area contributed by atoms with Crippen LogP contribution in [0.5, 0.6) is 5.75 Å². The molecule has 292 valence electrons. The third-order valence-electron chi connectivity index (χ3n) is 12.2. The molecular formula is C55H52N3O+. The van der Waals surface area contributed by atoms with Crippen molar-refractivity contribution in [2.45, 2.75) is 90.4 Å². The first-order valence-electron chi connectivity index (χ1n) is 27.9. The van der Waals surface area contributed by atoms with Crippen LogP contribution in [0.1, 0.15) is 118 Å². The number of para-hydroxylation sites is 2. The molecule has 4 nitrogen and oxygen atoms in total. The number of hydrogen-bond acceptors (Lipinski definition) is 3. The molecule has 0 aliphatic carbocycles. The lowest BCUT2D eigenvalue weighted by Crippen LogP contribution is -2.71. The van der Waals surface area contributed by atoms with Gasteiger partial charge in [0.2, 0.25) is 5.69 Å². The summed E-state index contributed by atoms with van der Waals surface area (Å²) in [4.78, 5) is 4.40. The second-order valence-corrected chi connectivity index (χ2v) is 18.0. The fraction of sp³-hybridized carbons (Fsp3) is 0.255. The predicted molar refractivity (Wildman–Crippen MR) is 242 cm³/mol. The minimum absolute atomic E-state index is 0.0431. The number of aromatic nitrogens is 1. The highest BCUT2D eigenvalue weighted by molar-refractivity contribution is 6.03. The summed E-state index contributed by atoms with van der Waals surface area (Å²) in [6.07, 6.45) is -1.23. The first-order valence-corrected chi connectivity index (χ1v) is 19.9. The van der Waals surface area contributed by atoms with E-state index in [9.17, 15) is 9.60 Å². The van der Waals surface area contributed by atoms with Gasteiger partial charge in [0.05, 0.1) is 30.9 Å². The van der Waals surface area contributed by atoms with E-state index in [0.717, 1.165) is 56.0 Å². The molecular weight excluding hydrogens is 719 g/mol. The third-order valence-corrected chi connectivity index (χ3v) is 12.2. The Morgan fingerprint density at radius 3 is 2.07 bits per heavy atom. The van der Waals surface area contributed by atoms with E-state index in [2.05, 4.69) is 73.0 Å². The molecule has 0 radical (unpaired) electrons. The molecule has 0 saturated heterocycles. The molecule has 0 saturated carbocycles. The Balaban J connectivity index is 1.26. The fourth-order valence-electron chi connectivity index (χ4n) is 9.27. The average Bonchev–Trinajstić information content (AvgIpc) is 3.84. The van der Waals surface area contributed by atoms with Crippen molar-refractivity contribution in [3.05, 3.63) is 173 Å². The zero-order valence-corrected chi connectivity index (χ0v) is 33.6. The van der Waals surface area contributed by atoms with E-state index in [-0.39, 0.29) is 11.1 Å². The topological polar surface area (TPSA) is 19.6 Å². The highest BCUT2D eigenvalue weighted by Crippen LogP contribution is 2.67. The summed E-state index contributed by atoms with van der Waals surface area (Å²) in [5.74, 6) is -1.37. The van der Waals surface area contributed by atoms with E-state index < -0.39 is 103 Å². The zero-order valence-electron chi connectivity index (χ0n) is 49.6. The summed E-state index contributed by atoms with van der Waals surface area (Å²) >= 11 is 0. The predicted octanol–water partition coefficient (Wildman–Crippen LogP) is 13.6. The third kappa shape index (κ3) is 5.05. The number of nitrogens with zero attached hydrogens (tertiary/aromatic N) is 3. The Morgan fingerprint density at radius 1 is 0.610 bits per heavy atom. The first kappa shape index (κ1) is 22.9. The van der Waals surface area contributed by atoms with Crippen molar-refractivity contribution in [2.24, 2.45) is 0 Å². The molecule has 2 unspecified atom stereocenters. The summed E-state index contributed by atoms with van der Waals surface area (Å²) in [6.45, 7) is 0.897. The molecule has 0 fully saturated rings. The zero-order chi connectivity index (χ0) is 54.4. The second kappa shape index (κ2) is 12.0. The minimum Gasteiger partial charge on any atom is -0.410 e. The van der Waals surface area contributed by atoms with Gasteiger partial charge in [0, 0.05) is 46.7 Å². The SMILES string of the molecule is [2H]c1c([2H])c(C(C([2H])([2H])[2H])(C([2H])([2H])[2H])C([2H])([2H])[2H])c([2H])c([2H])c1-c1c([2H])c([2H])[n+]2c(c1[2H])-c1cc(C(C)(C)C)cc3c1C21Oc2ccccc2C2N(c4ccc(C(C)(C)C)cc4-c4ccccc4)c4cccc-3c4N21. The van der Waals surface area contributed by atoms with Crippen molar-refractivity contribution >= 4 is 17.1 Å². The maximum absolute atomic E-state index is 10.3. The fourth-order valence-corrected chi connectivity index (χ4v) is 9.27. The van der Waals surface area contributed by atoms with Crippen LogP contribution in [0.4, 0.5) is 17.1 Å². The normalized spacial score (nSPS) is 22.8. The van der Waals surface area contributed by atoms with Crippen LogP contribution in [-0.2, 0) is 22.1 Å². The van der Waals surface area contributed by atoms with Crippen molar-refractivity contribution < 1.29 is 31.2 Å². The molecule has 1 aromatic heterocycles. The summed E-state index contributed by atoms with van der Waals surface area (Å²) in [5.41, 5.74) is 2.55. The minimum atomic E-state index is -3.92. The van der Waals surface area contributed by atoms with E-state index in [1.165, 1.54) is 4.57 Å². The van der Waals surface area contributed by atoms with Crippen molar-refractivity contribution in [2.75, 3.05) is 9.80 Å². The van der Waals surface area contributed by atoms with Crippen molar-refractivity contribution in [1.29, 1.82) is 0 Å². The maximum atomic E-state index is 10.3. The molecule has 4 heteroatoms. The monoisotopic (exact) mass is 787 g/mol. The summed E-state index contributed by atoms with van der Waals surface area (Å²) in [5, 5.41) is 0. The smallest absolute Gasteiger partial charge is 0.410 e. The van der Waals surface area contributed by atoms with Gasteiger partial charge in [-0.25, -0.2) is 4.90 Å². The van der Waals surface area contributed by atoms with E-state index in [1.807, 2.05) is 81.4 Å². The average molecular weight is 787 g/mol. The molecule has 4 aliphatic rings. The number of rotatable bonds is 3. The summed E-state index contributed by atoms with van der Waals surface area (Å²) in [7, 11) is 0.